The molecule has 0 heterocycles. The van der Waals surface area contributed by atoms with Crippen LogP contribution in [-0.2, 0) is 30.4 Å². The largest absolute Gasteiger partial charge is 0.508 e. The molecule has 9 N–H and O–H groups in total. The van der Waals surface area contributed by atoms with Crippen LogP contribution in [0.3, 0.4) is 0 Å². The number of nitrogens with one attached hydrogen (secondary N) is 3. The van der Waals surface area contributed by atoms with Crippen LogP contribution in [0.4, 0.5) is 0 Å². The number of hydrogen-bond donors (Lipinski definition) is 7. The van der Waals surface area contributed by atoms with E-state index in [4.69, 9.17) is 11.5 Å². The van der Waals surface area contributed by atoms with E-state index < -0.39 is 59.7 Å². The van der Waals surface area contributed by atoms with Crippen molar-refractivity contribution in [3.8, 4) is 5.75 Å². The van der Waals surface area contributed by atoms with Crippen molar-refractivity contribution in [3.63, 3.8) is 0 Å². The molecule has 5 atom stereocenters. The van der Waals surface area contributed by atoms with Crippen LogP contribution < -0.4 is 27.4 Å². The van der Waals surface area contributed by atoms with Gasteiger partial charge < -0.3 is 37.6 Å². The molecular weight excluding hydrogens is 494 g/mol. The van der Waals surface area contributed by atoms with Gasteiger partial charge in [-0.05, 0) is 42.4 Å². The van der Waals surface area contributed by atoms with Crippen molar-refractivity contribution in [2.24, 2.45) is 23.3 Å². The van der Waals surface area contributed by atoms with Crippen molar-refractivity contribution in [1.29, 1.82) is 0 Å². The van der Waals surface area contributed by atoms with Gasteiger partial charge in [0.15, 0.2) is 0 Å². The summed E-state index contributed by atoms with van der Waals surface area (Å²) >= 11 is 0. The number of carboxylic acid groups (broad SMARTS) is 1. The van der Waals surface area contributed by atoms with Gasteiger partial charge in [-0.3, -0.25) is 19.2 Å². The molecule has 212 valence electrons. The van der Waals surface area contributed by atoms with E-state index in [-0.39, 0.29) is 30.9 Å². The van der Waals surface area contributed by atoms with E-state index in [9.17, 15) is 34.2 Å². The molecule has 0 saturated carbocycles. The summed E-state index contributed by atoms with van der Waals surface area (Å²) in [6.07, 6.45) is 0.488. The third kappa shape index (κ3) is 11.2. The Hall–Kier alpha value is -3.67. The van der Waals surface area contributed by atoms with Gasteiger partial charge in [-0.15, -0.1) is 0 Å². The second-order valence-corrected chi connectivity index (χ2v) is 9.94. The Bertz CT molecular complexity index is 967. The first-order valence-corrected chi connectivity index (χ1v) is 12.7. The molecule has 0 saturated heterocycles. The standard InChI is InChI=1S/C26H41N5O7/c1-5-15(4)22(25(36)29-19(26(37)38)10-11-21(28)33)31-24(35)20(13-16-6-8-17(32)9-7-16)30-23(34)18(27)12-14(2)3/h6-9,14-15,18-20,22,32H,5,10-13,27H2,1-4H3,(H2,28,33)(H,29,36)(H,30,34)(H,31,35)(H,37,38). The van der Waals surface area contributed by atoms with Crippen molar-refractivity contribution < 1.29 is 34.2 Å². The second-order valence-electron chi connectivity index (χ2n) is 9.94. The van der Waals surface area contributed by atoms with E-state index in [2.05, 4.69) is 16.0 Å². The van der Waals surface area contributed by atoms with Gasteiger partial charge >= 0.3 is 5.97 Å². The van der Waals surface area contributed by atoms with Gasteiger partial charge in [0.25, 0.3) is 0 Å². The number of carboxylic acids is 1. The molecule has 1 aromatic rings. The van der Waals surface area contributed by atoms with E-state index in [1.165, 1.54) is 12.1 Å². The van der Waals surface area contributed by atoms with Crippen molar-refractivity contribution in [1.82, 2.24) is 16.0 Å². The molecule has 38 heavy (non-hydrogen) atoms. The maximum atomic E-state index is 13.4. The first kappa shape index (κ1) is 32.4. The van der Waals surface area contributed by atoms with Crippen LogP contribution in [0.25, 0.3) is 0 Å². The van der Waals surface area contributed by atoms with Gasteiger partial charge in [0.1, 0.15) is 23.9 Å². The highest BCUT2D eigenvalue weighted by Crippen LogP contribution is 2.14. The van der Waals surface area contributed by atoms with Gasteiger partial charge in [0.05, 0.1) is 6.04 Å². The highest BCUT2D eigenvalue weighted by atomic mass is 16.4. The van der Waals surface area contributed by atoms with E-state index in [0.717, 1.165) is 0 Å². The number of carbonyl (C=O) groups is 5. The molecule has 1 aromatic carbocycles. The zero-order valence-electron chi connectivity index (χ0n) is 22.4. The molecule has 0 bridgehead atoms. The maximum absolute atomic E-state index is 13.4. The summed E-state index contributed by atoms with van der Waals surface area (Å²) in [5, 5.41) is 26.7. The average Bonchev–Trinajstić information content (AvgIpc) is 2.84. The third-order valence-electron chi connectivity index (χ3n) is 6.16. The minimum absolute atomic E-state index is 0.0376. The maximum Gasteiger partial charge on any atom is 0.326 e. The van der Waals surface area contributed by atoms with E-state index in [0.29, 0.717) is 18.4 Å². The number of amides is 4. The number of phenols is 1. The molecule has 0 radical (unpaired) electrons. The molecule has 0 aliphatic heterocycles. The summed E-state index contributed by atoms with van der Waals surface area (Å²) in [5.74, 6) is -4.18. The second kappa shape index (κ2) is 15.6. The summed E-state index contributed by atoms with van der Waals surface area (Å²) in [6.45, 7) is 7.35. The Kier molecular flexibility index (Phi) is 13.2. The lowest BCUT2D eigenvalue weighted by Crippen LogP contribution is -2.59. The van der Waals surface area contributed by atoms with Gasteiger partial charge in [0.2, 0.25) is 23.6 Å². The minimum Gasteiger partial charge on any atom is -0.508 e. The van der Waals surface area contributed by atoms with Crippen molar-refractivity contribution in [2.45, 2.75) is 84.0 Å². The lowest BCUT2D eigenvalue weighted by Gasteiger charge is -2.28. The third-order valence-corrected chi connectivity index (χ3v) is 6.16. The fourth-order valence-corrected chi connectivity index (χ4v) is 3.73. The Labute approximate surface area is 222 Å². The molecule has 0 aromatic heterocycles. The van der Waals surface area contributed by atoms with Crippen LogP contribution in [0.1, 0.15) is 58.9 Å². The Morgan fingerprint density at radius 2 is 1.47 bits per heavy atom. The van der Waals surface area contributed by atoms with Gasteiger partial charge in [-0.25, -0.2) is 4.79 Å². The summed E-state index contributed by atoms with van der Waals surface area (Å²) in [7, 11) is 0. The number of rotatable bonds is 16. The summed E-state index contributed by atoms with van der Waals surface area (Å²) in [4.78, 5) is 61.9. The molecule has 0 aliphatic rings. The van der Waals surface area contributed by atoms with E-state index in [1.54, 1.807) is 26.0 Å². The van der Waals surface area contributed by atoms with Gasteiger partial charge in [-0.2, -0.15) is 0 Å². The monoisotopic (exact) mass is 535 g/mol. The number of primary amides is 1. The van der Waals surface area contributed by atoms with Gasteiger partial charge in [-0.1, -0.05) is 46.2 Å². The lowest BCUT2D eigenvalue weighted by atomic mass is 9.96. The number of aromatic hydroxyl groups is 1. The van der Waals surface area contributed by atoms with Crippen LogP contribution in [0.5, 0.6) is 5.75 Å². The van der Waals surface area contributed by atoms with Crippen LogP contribution in [0.2, 0.25) is 0 Å². The molecule has 5 unspecified atom stereocenters. The predicted molar refractivity (Wildman–Crippen MR) is 141 cm³/mol. The molecule has 4 amide bonds. The number of phenolic OH excluding ortho intramolecular Hbond substituents is 1. The molecule has 12 heteroatoms. The molecule has 0 aliphatic carbocycles. The van der Waals surface area contributed by atoms with Crippen molar-refractivity contribution in [3.05, 3.63) is 29.8 Å². The Morgan fingerprint density at radius 3 is 1.97 bits per heavy atom. The molecular formula is C26H41N5O7. The number of aliphatic carboxylic acids is 1. The first-order valence-electron chi connectivity index (χ1n) is 12.7. The Morgan fingerprint density at radius 1 is 0.895 bits per heavy atom. The van der Waals surface area contributed by atoms with E-state index in [1.807, 2.05) is 13.8 Å². The van der Waals surface area contributed by atoms with Crippen LogP contribution in [-0.4, -0.2) is 64.0 Å². The zero-order chi connectivity index (χ0) is 29.0. The van der Waals surface area contributed by atoms with Crippen molar-refractivity contribution >= 4 is 29.6 Å². The fourth-order valence-electron chi connectivity index (χ4n) is 3.73. The molecule has 0 fully saturated rings. The number of carbonyl (C=O) groups excluding carboxylic acids is 4. The topological polar surface area (TPSA) is 214 Å². The van der Waals surface area contributed by atoms with Crippen LogP contribution in [0.15, 0.2) is 24.3 Å². The minimum atomic E-state index is -1.38. The SMILES string of the molecule is CCC(C)C(NC(=O)C(Cc1ccc(O)cc1)NC(=O)C(N)CC(C)C)C(=O)NC(CCC(N)=O)C(=O)O. The number of nitrogens with two attached hydrogens (primary N) is 2. The normalized spacial score (nSPS) is 15.0. The smallest absolute Gasteiger partial charge is 0.326 e. The first-order chi connectivity index (χ1) is 17.7. The summed E-state index contributed by atoms with van der Waals surface area (Å²) in [5.41, 5.74) is 11.7. The fraction of sp³-hybridized carbons (Fsp3) is 0.577. The summed E-state index contributed by atoms with van der Waals surface area (Å²) in [6, 6.07) is 1.66. The van der Waals surface area contributed by atoms with Gasteiger partial charge in [0, 0.05) is 12.8 Å². The molecule has 0 spiro atoms. The summed E-state index contributed by atoms with van der Waals surface area (Å²) < 4.78 is 0. The molecule has 1 rings (SSSR count). The van der Waals surface area contributed by atoms with Crippen molar-refractivity contribution in [2.75, 3.05) is 0 Å². The van der Waals surface area contributed by atoms with E-state index >= 15 is 0 Å². The average molecular weight is 536 g/mol. The number of hydrogen-bond acceptors (Lipinski definition) is 7. The number of benzene rings is 1. The zero-order valence-corrected chi connectivity index (χ0v) is 22.4. The Balaban J connectivity index is 3.15. The molecule has 12 nitrogen and oxygen atoms in total. The van der Waals surface area contributed by atoms with Crippen LogP contribution in [0, 0.1) is 11.8 Å². The quantitative estimate of drug-likeness (QED) is 0.154. The lowest BCUT2D eigenvalue weighted by molar-refractivity contribution is -0.143. The van der Waals surface area contributed by atoms with Crippen LogP contribution >= 0.6 is 0 Å². The highest BCUT2D eigenvalue weighted by molar-refractivity contribution is 5.94. The highest BCUT2D eigenvalue weighted by Gasteiger charge is 2.33. The predicted octanol–water partition coefficient (Wildman–Crippen LogP) is 0.159.